The molecule has 0 unspecified atom stereocenters. The lowest BCUT2D eigenvalue weighted by molar-refractivity contribution is 0.101. The second-order valence-electron chi connectivity index (χ2n) is 5.52. The molecule has 2 amide bonds. The molecule has 144 valence electrons. The van der Waals surface area contributed by atoms with Gasteiger partial charge in [-0.1, -0.05) is 29.3 Å². The molecule has 0 saturated carbocycles. The third-order valence-corrected chi connectivity index (χ3v) is 4.76. The minimum Gasteiger partial charge on any atom is -0.491 e. The summed E-state index contributed by atoms with van der Waals surface area (Å²) in [4.78, 5) is 29.1. The molecule has 1 heterocycles. The smallest absolute Gasteiger partial charge is 0.259 e. The molecule has 0 radical (unpaired) electrons. The van der Waals surface area contributed by atoms with Crippen LogP contribution >= 0.6 is 34.5 Å². The zero-order valence-electron chi connectivity index (χ0n) is 14.7. The molecule has 9 heteroatoms. The number of halogens is 2. The van der Waals surface area contributed by atoms with E-state index in [1.165, 1.54) is 23.5 Å². The number of thiazole rings is 1. The first-order valence-electron chi connectivity index (χ1n) is 8.22. The van der Waals surface area contributed by atoms with E-state index in [1.807, 2.05) is 0 Å². The first-order chi connectivity index (χ1) is 13.5. The number of aromatic nitrogens is 1. The van der Waals surface area contributed by atoms with Crippen molar-refractivity contribution in [3.05, 3.63) is 69.1 Å². The molecule has 0 saturated heterocycles. The van der Waals surface area contributed by atoms with Crippen LogP contribution in [-0.2, 0) is 0 Å². The monoisotopic (exact) mass is 435 g/mol. The minimum absolute atomic E-state index is 0.206. The summed E-state index contributed by atoms with van der Waals surface area (Å²) < 4.78 is 5.48. The lowest BCUT2D eigenvalue weighted by Gasteiger charge is -2.13. The molecule has 0 bridgehead atoms. The summed E-state index contributed by atoms with van der Waals surface area (Å²) in [6.07, 6.45) is 1.60. The van der Waals surface area contributed by atoms with Gasteiger partial charge in [0.05, 0.1) is 17.2 Å². The molecule has 6 nitrogen and oxygen atoms in total. The van der Waals surface area contributed by atoms with Crippen molar-refractivity contribution in [1.29, 1.82) is 0 Å². The van der Waals surface area contributed by atoms with Crippen molar-refractivity contribution in [2.45, 2.75) is 6.92 Å². The van der Waals surface area contributed by atoms with Crippen LogP contribution in [-0.4, -0.2) is 23.4 Å². The van der Waals surface area contributed by atoms with Crippen molar-refractivity contribution in [1.82, 2.24) is 4.98 Å². The van der Waals surface area contributed by atoms with E-state index in [4.69, 9.17) is 27.9 Å². The van der Waals surface area contributed by atoms with E-state index in [-0.39, 0.29) is 22.2 Å². The molecular formula is C19H15Cl2N3O3S. The number of hydrogen-bond acceptors (Lipinski definition) is 5. The fraction of sp³-hybridized carbons (Fsp3) is 0.105. The van der Waals surface area contributed by atoms with Crippen molar-refractivity contribution in [3.63, 3.8) is 0 Å². The normalized spacial score (nSPS) is 10.4. The quantitative estimate of drug-likeness (QED) is 0.546. The third-order valence-electron chi connectivity index (χ3n) is 3.58. The van der Waals surface area contributed by atoms with Crippen molar-refractivity contribution in [2.75, 3.05) is 17.2 Å². The Balaban J connectivity index is 1.81. The molecule has 0 aliphatic rings. The molecule has 3 aromatic rings. The standard InChI is InChI=1S/C19H15Cl2N3O3S/c1-2-27-16-14(9-12(20)10-15(16)21)18(26)23-13-5-3-4-11(8-13)17(25)24-19-22-6-7-28-19/h3-10H,2H2,1H3,(H,23,26)(H,22,24,25). The number of rotatable bonds is 6. The highest BCUT2D eigenvalue weighted by atomic mass is 35.5. The van der Waals surface area contributed by atoms with Crippen LogP contribution in [0.2, 0.25) is 10.0 Å². The fourth-order valence-corrected chi connectivity index (χ4v) is 3.48. The molecule has 0 fully saturated rings. The minimum atomic E-state index is -0.453. The summed E-state index contributed by atoms with van der Waals surface area (Å²) in [6, 6.07) is 9.53. The van der Waals surface area contributed by atoms with Gasteiger partial charge in [0.15, 0.2) is 10.9 Å². The summed E-state index contributed by atoms with van der Waals surface area (Å²) in [5.74, 6) is -0.527. The highest BCUT2D eigenvalue weighted by Crippen LogP contribution is 2.33. The SMILES string of the molecule is CCOc1c(Cl)cc(Cl)cc1C(=O)Nc1cccc(C(=O)Nc2nccs2)c1. The second-order valence-corrected chi connectivity index (χ2v) is 7.26. The maximum Gasteiger partial charge on any atom is 0.259 e. The maximum atomic E-state index is 12.7. The van der Waals surface area contributed by atoms with Crippen LogP contribution in [0.5, 0.6) is 5.75 Å². The predicted octanol–water partition coefficient (Wildman–Crippen LogP) is 5.35. The number of ether oxygens (including phenoxy) is 1. The topological polar surface area (TPSA) is 80.3 Å². The van der Waals surface area contributed by atoms with E-state index >= 15 is 0 Å². The first kappa shape index (κ1) is 20.1. The Morgan fingerprint density at radius 2 is 1.96 bits per heavy atom. The largest absolute Gasteiger partial charge is 0.491 e. The summed E-state index contributed by atoms with van der Waals surface area (Å²) in [6.45, 7) is 2.13. The summed E-state index contributed by atoms with van der Waals surface area (Å²) in [5, 5.41) is 8.25. The number of nitrogens with zero attached hydrogens (tertiary/aromatic N) is 1. The van der Waals surface area contributed by atoms with Gasteiger partial charge < -0.3 is 10.1 Å². The van der Waals surface area contributed by atoms with Gasteiger partial charge in [-0.15, -0.1) is 11.3 Å². The van der Waals surface area contributed by atoms with E-state index in [0.29, 0.717) is 28.0 Å². The van der Waals surface area contributed by atoms with Crippen LogP contribution in [0.3, 0.4) is 0 Å². The Bertz CT molecular complexity index is 1010. The van der Waals surface area contributed by atoms with Gasteiger partial charge in [-0.2, -0.15) is 0 Å². The zero-order valence-corrected chi connectivity index (χ0v) is 17.0. The van der Waals surface area contributed by atoms with Gasteiger partial charge >= 0.3 is 0 Å². The second kappa shape index (κ2) is 9.05. The number of anilines is 2. The van der Waals surface area contributed by atoms with E-state index in [1.54, 1.807) is 42.8 Å². The van der Waals surface area contributed by atoms with Crippen molar-refractivity contribution in [2.24, 2.45) is 0 Å². The van der Waals surface area contributed by atoms with Gasteiger partial charge in [0.25, 0.3) is 11.8 Å². The third kappa shape index (κ3) is 4.81. The van der Waals surface area contributed by atoms with Gasteiger partial charge in [0, 0.05) is 27.9 Å². The summed E-state index contributed by atoms with van der Waals surface area (Å²) in [7, 11) is 0. The highest BCUT2D eigenvalue weighted by molar-refractivity contribution is 7.13. The average Bonchev–Trinajstić information content (AvgIpc) is 3.17. The van der Waals surface area contributed by atoms with E-state index < -0.39 is 5.91 Å². The van der Waals surface area contributed by atoms with E-state index in [0.717, 1.165) is 0 Å². The molecule has 0 aliphatic carbocycles. The number of hydrogen-bond donors (Lipinski definition) is 2. The Labute approximate surface area is 175 Å². The molecule has 0 aliphatic heterocycles. The van der Waals surface area contributed by atoms with Gasteiger partial charge in [-0.25, -0.2) is 4.98 Å². The van der Waals surface area contributed by atoms with Gasteiger partial charge in [-0.3, -0.25) is 14.9 Å². The van der Waals surface area contributed by atoms with Crippen LogP contribution in [0.1, 0.15) is 27.6 Å². The predicted molar refractivity (Wildman–Crippen MR) is 112 cm³/mol. The maximum absolute atomic E-state index is 12.7. The highest BCUT2D eigenvalue weighted by Gasteiger charge is 2.18. The zero-order chi connectivity index (χ0) is 20.1. The summed E-state index contributed by atoms with van der Waals surface area (Å²) in [5.41, 5.74) is 1.02. The Kier molecular flexibility index (Phi) is 6.51. The van der Waals surface area contributed by atoms with Gasteiger partial charge in [0.1, 0.15) is 0 Å². The van der Waals surface area contributed by atoms with Crippen LogP contribution in [0, 0.1) is 0 Å². The van der Waals surface area contributed by atoms with Crippen LogP contribution in [0.15, 0.2) is 48.0 Å². The van der Waals surface area contributed by atoms with Crippen LogP contribution in [0.25, 0.3) is 0 Å². The fourth-order valence-electron chi connectivity index (χ4n) is 2.41. The van der Waals surface area contributed by atoms with Crippen LogP contribution in [0.4, 0.5) is 10.8 Å². The number of benzene rings is 2. The molecule has 0 atom stereocenters. The first-order valence-corrected chi connectivity index (χ1v) is 9.85. The molecule has 0 spiro atoms. The lowest BCUT2D eigenvalue weighted by Crippen LogP contribution is -2.15. The Morgan fingerprint density at radius 1 is 1.14 bits per heavy atom. The lowest BCUT2D eigenvalue weighted by atomic mass is 10.1. The van der Waals surface area contributed by atoms with Crippen LogP contribution < -0.4 is 15.4 Å². The van der Waals surface area contributed by atoms with Gasteiger partial charge in [0.2, 0.25) is 0 Å². The summed E-state index contributed by atoms with van der Waals surface area (Å²) >= 11 is 13.5. The van der Waals surface area contributed by atoms with E-state index in [2.05, 4.69) is 15.6 Å². The molecule has 2 N–H and O–H groups in total. The van der Waals surface area contributed by atoms with Crippen molar-refractivity contribution >= 4 is 57.2 Å². The number of nitrogens with one attached hydrogen (secondary N) is 2. The van der Waals surface area contributed by atoms with E-state index in [9.17, 15) is 9.59 Å². The number of carbonyl (C=O) groups excluding carboxylic acids is 2. The Hall–Kier alpha value is -2.61. The molecule has 28 heavy (non-hydrogen) atoms. The molecule has 3 rings (SSSR count). The number of amides is 2. The number of carbonyl (C=O) groups is 2. The molecule has 2 aromatic carbocycles. The molecular weight excluding hydrogens is 421 g/mol. The average molecular weight is 436 g/mol. The molecule has 1 aromatic heterocycles. The van der Waals surface area contributed by atoms with Gasteiger partial charge in [-0.05, 0) is 37.3 Å². The Morgan fingerprint density at radius 3 is 2.68 bits per heavy atom. The van der Waals surface area contributed by atoms with Crippen molar-refractivity contribution < 1.29 is 14.3 Å². The van der Waals surface area contributed by atoms with Crippen molar-refractivity contribution in [3.8, 4) is 5.75 Å².